The molecule has 0 saturated heterocycles. The summed E-state index contributed by atoms with van der Waals surface area (Å²) in [4.78, 5) is 15.3. The van der Waals surface area contributed by atoms with E-state index in [-0.39, 0.29) is 17.2 Å². The second-order valence-electron chi connectivity index (χ2n) is 3.35. The predicted octanol–water partition coefficient (Wildman–Crippen LogP) is 1.67. The van der Waals surface area contributed by atoms with Gasteiger partial charge in [-0.1, -0.05) is 0 Å². The first-order valence-electron chi connectivity index (χ1n) is 4.84. The summed E-state index contributed by atoms with van der Waals surface area (Å²) in [6.07, 6.45) is 0. The Morgan fingerprint density at radius 1 is 1.35 bits per heavy atom. The summed E-state index contributed by atoms with van der Waals surface area (Å²) in [5.74, 6) is -0.865. The van der Waals surface area contributed by atoms with E-state index in [0.29, 0.717) is 10.7 Å². The van der Waals surface area contributed by atoms with Gasteiger partial charge in [0.05, 0.1) is 5.69 Å². The molecular formula is C11H10N2O3S. The van der Waals surface area contributed by atoms with Crippen LogP contribution in [0.15, 0.2) is 24.3 Å². The van der Waals surface area contributed by atoms with Crippen molar-refractivity contribution < 1.29 is 15.0 Å². The maximum absolute atomic E-state index is 11.0. The molecule has 1 heterocycles. The fourth-order valence-corrected chi connectivity index (χ4v) is 2.32. The van der Waals surface area contributed by atoms with Gasteiger partial charge in [-0.2, -0.15) is 0 Å². The lowest BCUT2D eigenvalue weighted by molar-refractivity contribution is 0.0700. The molecule has 0 atom stereocenters. The van der Waals surface area contributed by atoms with Crippen molar-refractivity contribution in [2.45, 2.75) is 6.54 Å². The molecule has 0 aliphatic carbocycles. The molecule has 4 N–H and O–H groups in total. The van der Waals surface area contributed by atoms with Crippen LogP contribution in [0.4, 0.5) is 0 Å². The van der Waals surface area contributed by atoms with Crippen LogP contribution in [0.1, 0.15) is 15.4 Å². The van der Waals surface area contributed by atoms with Gasteiger partial charge in [0.1, 0.15) is 15.6 Å². The summed E-state index contributed by atoms with van der Waals surface area (Å²) in [5.41, 5.74) is 6.58. The number of benzene rings is 1. The van der Waals surface area contributed by atoms with Crippen molar-refractivity contribution in [3.63, 3.8) is 0 Å². The van der Waals surface area contributed by atoms with E-state index in [1.807, 2.05) is 0 Å². The highest BCUT2D eigenvalue weighted by molar-refractivity contribution is 7.17. The van der Waals surface area contributed by atoms with Gasteiger partial charge in [0.2, 0.25) is 0 Å². The Kier molecular flexibility index (Phi) is 3.08. The maximum atomic E-state index is 11.0. The second-order valence-corrected chi connectivity index (χ2v) is 4.35. The number of rotatable bonds is 3. The van der Waals surface area contributed by atoms with Crippen molar-refractivity contribution in [3.8, 4) is 16.3 Å². The molecule has 0 bridgehead atoms. The molecule has 0 fully saturated rings. The summed E-state index contributed by atoms with van der Waals surface area (Å²) in [5, 5.41) is 18.7. The number of aromatic nitrogens is 1. The van der Waals surface area contributed by atoms with Gasteiger partial charge in [0, 0.05) is 12.1 Å². The van der Waals surface area contributed by atoms with Gasteiger partial charge in [0.15, 0.2) is 0 Å². The highest BCUT2D eigenvalue weighted by Gasteiger charge is 2.16. The Hall–Kier alpha value is -1.92. The number of nitrogens with zero attached hydrogens (tertiary/aromatic N) is 1. The van der Waals surface area contributed by atoms with E-state index in [9.17, 15) is 4.79 Å². The minimum atomic E-state index is -1.02. The first-order valence-corrected chi connectivity index (χ1v) is 5.66. The van der Waals surface area contributed by atoms with Crippen LogP contribution < -0.4 is 5.73 Å². The van der Waals surface area contributed by atoms with Crippen molar-refractivity contribution in [2.75, 3.05) is 0 Å². The van der Waals surface area contributed by atoms with E-state index in [4.69, 9.17) is 15.9 Å². The number of carbonyl (C=O) groups is 1. The Morgan fingerprint density at radius 2 is 2.00 bits per heavy atom. The van der Waals surface area contributed by atoms with Crippen LogP contribution in [0.2, 0.25) is 0 Å². The Balaban J connectivity index is 2.46. The molecule has 2 aromatic rings. The molecule has 0 aliphatic heterocycles. The Labute approximate surface area is 101 Å². The minimum Gasteiger partial charge on any atom is -0.508 e. The van der Waals surface area contributed by atoms with E-state index < -0.39 is 5.97 Å². The Bertz CT molecular complexity index is 548. The number of thiazole rings is 1. The van der Waals surface area contributed by atoms with Gasteiger partial charge >= 0.3 is 5.97 Å². The topological polar surface area (TPSA) is 96.4 Å². The van der Waals surface area contributed by atoms with E-state index in [2.05, 4.69) is 4.98 Å². The Morgan fingerprint density at radius 3 is 2.47 bits per heavy atom. The van der Waals surface area contributed by atoms with Crippen LogP contribution >= 0.6 is 11.3 Å². The molecule has 0 radical (unpaired) electrons. The third kappa shape index (κ3) is 2.27. The zero-order chi connectivity index (χ0) is 12.4. The van der Waals surface area contributed by atoms with Gasteiger partial charge in [-0.05, 0) is 24.3 Å². The standard InChI is InChI=1S/C11H10N2O3S/c12-5-8-9(11(15)16)17-10(13-8)6-1-3-7(14)4-2-6/h1-4,14H,5,12H2,(H,15,16). The molecule has 17 heavy (non-hydrogen) atoms. The molecule has 5 nitrogen and oxygen atoms in total. The van der Waals surface area contributed by atoms with Gasteiger partial charge < -0.3 is 15.9 Å². The van der Waals surface area contributed by atoms with Crippen LogP contribution in [0.3, 0.4) is 0 Å². The largest absolute Gasteiger partial charge is 0.508 e. The summed E-state index contributed by atoms with van der Waals surface area (Å²) >= 11 is 1.08. The molecule has 0 unspecified atom stereocenters. The molecule has 0 saturated carbocycles. The SMILES string of the molecule is NCc1nc(-c2ccc(O)cc2)sc1C(=O)O. The summed E-state index contributed by atoms with van der Waals surface area (Å²) in [7, 11) is 0. The van der Waals surface area contributed by atoms with Crippen molar-refractivity contribution in [1.82, 2.24) is 4.98 Å². The minimum absolute atomic E-state index is 0.0935. The van der Waals surface area contributed by atoms with Gasteiger partial charge in [-0.3, -0.25) is 0 Å². The number of aromatic carboxylic acids is 1. The number of aromatic hydroxyl groups is 1. The zero-order valence-electron chi connectivity index (χ0n) is 8.75. The summed E-state index contributed by atoms with van der Waals surface area (Å²) in [6.45, 7) is 0.0935. The van der Waals surface area contributed by atoms with Gasteiger partial charge in [-0.15, -0.1) is 11.3 Å². The fourth-order valence-electron chi connectivity index (χ4n) is 1.38. The molecule has 0 aliphatic rings. The quantitative estimate of drug-likeness (QED) is 0.770. The van der Waals surface area contributed by atoms with E-state index in [1.165, 1.54) is 12.1 Å². The number of hydrogen-bond donors (Lipinski definition) is 3. The first kappa shape index (κ1) is 11.6. The third-order valence-electron chi connectivity index (χ3n) is 2.20. The lowest BCUT2D eigenvalue weighted by Crippen LogP contribution is -2.04. The normalized spacial score (nSPS) is 10.4. The van der Waals surface area contributed by atoms with Crippen LogP contribution in [0, 0.1) is 0 Å². The van der Waals surface area contributed by atoms with E-state index >= 15 is 0 Å². The van der Waals surface area contributed by atoms with Crippen LogP contribution in [-0.4, -0.2) is 21.2 Å². The van der Waals surface area contributed by atoms with E-state index in [1.54, 1.807) is 12.1 Å². The highest BCUT2D eigenvalue weighted by Crippen LogP contribution is 2.29. The number of phenols is 1. The first-order chi connectivity index (χ1) is 8.11. The second kappa shape index (κ2) is 4.52. The molecule has 88 valence electrons. The maximum Gasteiger partial charge on any atom is 0.347 e. The van der Waals surface area contributed by atoms with E-state index in [0.717, 1.165) is 16.9 Å². The molecular weight excluding hydrogens is 240 g/mol. The average Bonchev–Trinajstić information content (AvgIpc) is 2.74. The number of nitrogens with two attached hydrogens (primary N) is 1. The predicted molar refractivity (Wildman–Crippen MR) is 64.1 cm³/mol. The molecule has 1 aromatic heterocycles. The van der Waals surface area contributed by atoms with Gasteiger partial charge in [0.25, 0.3) is 0 Å². The van der Waals surface area contributed by atoms with Gasteiger partial charge in [-0.25, -0.2) is 9.78 Å². The third-order valence-corrected chi connectivity index (χ3v) is 3.33. The summed E-state index contributed by atoms with van der Waals surface area (Å²) < 4.78 is 0. The van der Waals surface area contributed by atoms with Crippen molar-refractivity contribution in [1.29, 1.82) is 0 Å². The molecule has 6 heteroatoms. The smallest absolute Gasteiger partial charge is 0.347 e. The average molecular weight is 250 g/mol. The zero-order valence-corrected chi connectivity index (χ0v) is 9.57. The summed E-state index contributed by atoms with van der Waals surface area (Å²) in [6, 6.07) is 6.42. The fraction of sp³-hybridized carbons (Fsp3) is 0.0909. The van der Waals surface area contributed by atoms with Crippen molar-refractivity contribution in [2.24, 2.45) is 5.73 Å². The molecule has 1 aromatic carbocycles. The monoisotopic (exact) mass is 250 g/mol. The van der Waals surface area contributed by atoms with Crippen LogP contribution in [0.5, 0.6) is 5.75 Å². The lowest BCUT2D eigenvalue weighted by atomic mass is 10.2. The van der Waals surface area contributed by atoms with Crippen LogP contribution in [-0.2, 0) is 6.54 Å². The molecule has 2 rings (SSSR count). The number of hydrogen-bond acceptors (Lipinski definition) is 5. The number of carboxylic acids is 1. The number of carboxylic acid groups (broad SMARTS) is 1. The highest BCUT2D eigenvalue weighted by atomic mass is 32.1. The lowest BCUT2D eigenvalue weighted by Gasteiger charge is -1.95. The van der Waals surface area contributed by atoms with Crippen molar-refractivity contribution >= 4 is 17.3 Å². The molecule has 0 amide bonds. The molecule has 0 spiro atoms. The number of phenolic OH excluding ortho intramolecular Hbond substituents is 1. The van der Waals surface area contributed by atoms with Crippen LogP contribution in [0.25, 0.3) is 10.6 Å². The van der Waals surface area contributed by atoms with Crippen molar-refractivity contribution in [3.05, 3.63) is 34.8 Å².